The van der Waals surface area contributed by atoms with Crippen LogP contribution in [0.1, 0.15) is 11.3 Å². The molecule has 0 atom stereocenters. The van der Waals surface area contributed by atoms with Crippen LogP contribution < -0.4 is 4.74 Å². The Balaban J connectivity index is 2.20. The van der Waals surface area contributed by atoms with Gasteiger partial charge in [-0.2, -0.15) is 0 Å². The van der Waals surface area contributed by atoms with Gasteiger partial charge in [0.25, 0.3) is 0 Å². The first-order valence-electron chi connectivity index (χ1n) is 5.35. The maximum atomic E-state index is 5.64. The molecule has 1 aromatic carbocycles. The normalized spacial score (nSPS) is 9.47. The molecule has 0 N–H and O–H groups in total. The van der Waals surface area contributed by atoms with E-state index in [1.165, 1.54) is 5.56 Å². The Bertz CT molecular complexity index is 551. The summed E-state index contributed by atoms with van der Waals surface area (Å²) in [4.78, 5) is 4.30. The van der Waals surface area contributed by atoms with Crippen molar-refractivity contribution in [3.8, 4) is 11.6 Å². The molecule has 1 aromatic heterocycles. The lowest BCUT2D eigenvalue weighted by Crippen LogP contribution is -1.89. The van der Waals surface area contributed by atoms with Gasteiger partial charge in [-0.15, -0.1) is 5.73 Å². The van der Waals surface area contributed by atoms with Crippen LogP contribution in [0.15, 0.2) is 54.8 Å². The number of rotatable bonds is 3. The molecule has 0 aliphatic heterocycles. The minimum absolute atomic E-state index is 0.567. The fourth-order valence-corrected chi connectivity index (χ4v) is 1.40. The smallest absolute Gasteiger partial charge is 0.219 e. The van der Waals surface area contributed by atoms with Gasteiger partial charge in [-0.3, -0.25) is 0 Å². The predicted octanol–water partition coefficient (Wildman–Crippen LogP) is 3.98. The third-order valence-corrected chi connectivity index (χ3v) is 2.24. The van der Waals surface area contributed by atoms with Gasteiger partial charge in [-0.25, -0.2) is 4.98 Å². The van der Waals surface area contributed by atoms with Crippen molar-refractivity contribution in [3.05, 3.63) is 66.0 Å². The van der Waals surface area contributed by atoms with Crippen LogP contribution in [-0.4, -0.2) is 4.98 Å². The summed E-state index contributed by atoms with van der Waals surface area (Å²) in [6, 6.07) is 13.4. The first kappa shape index (κ1) is 11.2. The standard InChI is InChI=1S/C15H13NO/c1-3-5-13-6-4-7-15(16-13)17-14-10-8-12(2)9-11-14/h4-11H,1H2,2H3. The molecule has 0 radical (unpaired) electrons. The minimum atomic E-state index is 0.567. The SMILES string of the molecule is C=C=Cc1cccc(Oc2ccc(C)cc2)n1. The summed E-state index contributed by atoms with van der Waals surface area (Å²) in [6.45, 7) is 5.56. The van der Waals surface area contributed by atoms with Crippen LogP contribution in [0.2, 0.25) is 0 Å². The summed E-state index contributed by atoms with van der Waals surface area (Å²) >= 11 is 0. The molecule has 2 rings (SSSR count). The van der Waals surface area contributed by atoms with Crippen molar-refractivity contribution in [3.63, 3.8) is 0 Å². The average Bonchev–Trinajstić information content (AvgIpc) is 2.33. The molecule has 2 heteroatoms. The molecule has 2 nitrogen and oxygen atoms in total. The van der Waals surface area contributed by atoms with Crippen LogP contribution >= 0.6 is 0 Å². The molecule has 0 amide bonds. The van der Waals surface area contributed by atoms with Gasteiger partial charge in [0.05, 0.1) is 5.69 Å². The lowest BCUT2D eigenvalue weighted by atomic mass is 10.2. The van der Waals surface area contributed by atoms with E-state index >= 15 is 0 Å². The number of pyridine rings is 1. The van der Waals surface area contributed by atoms with Gasteiger partial charge in [0, 0.05) is 12.1 Å². The molecule has 0 unspecified atom stereocenters. The van der Waals surface area contributed by atoms with E-state index in [4.69, 9.17) is 4.74 Å². The third-order valence-electron chi connectivity index (χ3n) is 2.24. The molecular formula is C15H13NO. The van der Waals surface area contributed by atoms with Gasteiger partial charge in [0.2, 0.25) is 5.88 Å². The van der Waals surface area contributed by atoms with Crippen LogP contribution in [0, 0.1) is 6.92 Å². The van der Waals surface area contributed by atoms with Crippen LogP contribution in [0.3, 0.4) is 0 Å². The van der Waals surface area contributed by atoms with Gasteiger partial charge in [0.1, 0.15) is 5.75 Å². The second-order valence-corrected chi connectivity index (χ2v) is 3.66. The minimum Gasteiger partial charge on any atom is -0.439 e. The number of benzene rings is 1. The molecule has 0 aliphatic rings. The molecule has 0 saturated heterocycles. The monoisotopic (exact) mass is 223 g/mol. The second kappa shape index (κ2) is 5.15. The van der Waals surface area contributed by atoms with Crippen LogP contribution in [0.4, 0.5) is 0 Å². The lowest BCUT2D eigenvalue weighted by molar-refractivity contribution is 0.462. The number of ether oxygens (including phenoxy) is 1. The Morgan fingerprint density at radius 2 is 1.94 bits per heavy atom. The van der Waals surface area contributed by atoms with Crippen LogP contribution in [0.25, 0.3) is 6.08 Å². The highest BCUT2D eigenvalue weighted by atomic mass is 16.5. The fraction of sp³-hybridized carbons (Fsp3) is 0.0667. The van der Waals surface area contributed by atoms with Crippen LogP contribution in [-0.2, 0) is 0 Å². The number of aromatic nitrogens is 1. The third kappa shape index (κ3) is 3.07. The maximum absolute atomic E-state index is 5.64. The van der Waals surface area contributed by atoms with Gasteiger partial charge in [-0.05, 0) is 25.1 Å². The summed E-state index contributed by atoms with van der Waals surface area (Å²) in [5.74, 6) is 1.35. The Morgan fingerprint density at radius 3 is 2.65 bits per heavy atom. The molecule has 2 aromatic rings. The van der Waals surface area contributed by atoms with Gasteiger partial charge in [-0.1, -0.05) is 30.3 Å². The van der Waals surface area contributed by atoms with E-state index in [1.807, 2.05) is 49.4 Å². The zero-order valence-corrected chi connectivity index (χ0v) is 9.68. The van der Waals surface area contributed by atoms with Gasteiger partial charge < -0.3 is 4.74 Å². The highest BCUT2D eigenvalue weighted by Gasteiger charge is 1.98. The summed E-state index contributed by atoms with van der Waals surface area (Å²) in [5.41, 5.74) is 4.67. The Labute approximate surface area is 101 Å². The molecule has 0 aliphatic carbocycles. The summed E-state index contributed by atoms with van der Waals surface area (Å²) in [6.07, 6.45) is 1.71. The van der Waals surface area contributed by atoms with Crippen molar-refractivity contribution in [1.29, 1.82) is 0 Å². The van der Waals surface area contributed by atoms with Crippen LogP contribution in [0.5, 0.6) is 11.6 Å². The summed E-state index contributed by atoms with van der Waals surface area (Å²) < 4.78 is 5.64. The Hall–Kier alpha value is -2.31. The first-order valence-corrected chi connectivity index (χ1v) is 5.35. The maximum Gasteiger partial charge on any atom is 0.219 e. The summed E-state index contributed by atoms with van der Waals surface area (Å²) in [7, 11) is 0. The van der Waals surface area contributed by atoms with Gasteiger partial charge in [0.15, 0.2) is 0 Å². The van der Waals surface area contributed by atoms with E-state index in [0.717, 1.165) is 11.4 Å². The Morgan fingerprint density at radius 1 is 1.18 bits per heavy atom. The lowest BCUT2D eigenvalue weighted by Gasteiger charge is -2.05. The summed E-state index contributed by atoms with van der Waals surface area (Å²) in [5, 5.41) is 0. The van der Waals surface area contributed by atoms with Crippen molar-refractivity contribution in [2.45, 2.75) is 6.92 Å². The molecule has 0 fully saturated rings. The van der Waals surface area contributed by atoms with Crippen molar-refractivity contribution < 1.29 is 4.74 Å². The molecule has 0 spiro atoms. The van der Waals surface area contributed by atoms with E-state index in [0.29, 0.717) is 5.88 Å². The van der Waals surface area contributed by atoms with Crippen molar-refractivity contribution >= 4 is 6.08 Å². The zero-order valence-electron chi connectivity index (χ0n) is 9.68. The van der Waals surface area contributed by atoms with E-state index in [9.17, 15) is 0 Å². The molecule has 17 heavy (non-hydrogen) atoms. The number of hydrogen-bond donors (Lipinski definition) is 0. The van der Waals surface area contributed by atoms with E-state index in [2.05, 4.69) is 17.3 Å². The zero-order chi connectivity index (χ0) is 12.1. The topological polar surface area (TPSA) is 22.1 Å². The van der Waals surface area contributed by atoms with E-state index < -0.39 is 0 Å². The highest BCUT2D eigenvalue weighted by molar-refractivity contribution is 5.44. The largest absolute Gasteiger partial charge is 0.439 e. The quantitative estimate of drug-likeness (QED) is 0.734. The molecule has 0 bridgehead atoms. The molecular weight excluding hydrogens is 210 g/mol. The Kier molecular flexibility index (Phi) is 3.39. The van der Waals surface area contributed by atoms with E-state index in [1.54, 1.807) is 6.08 Å². The molecule has 84 valence electrons. The highest BCUT2D eigenvalue weighted by Crippen LogP contribution is 2.19. The number of hydrogen-bond acceptors (Lipinski definition) is 2. The van der Waals surface area contributed by atoms with Crippen molar-refractivity contribution in [1.82, 2.24) is 4.98 Å². The second-order valence-electron chi connectivity index (χ2n) is 3.66. The van der Waals surface area contributed by atoms with Crippen molar-refractivity contribution in [2.75, 3.05) is 0 Å². The van der Waals surface area contributed by atoms with Gasteiger partial charge >= 0.3 is 0 Å². The molecule has 0 saturated carbocycles. The first-order chi connectivity index (χ1) is 8.28. The number of nitrogens with zero attached hydrogens (tertiary/aromatic N) is 1. The fourth-order valence-electron chi connectivity index (χ4n) is 1.40. The molecule has 1 heterocycles. The predicted molar refractivity (Wildman–Crippen MR) is 69.1 cm³/mol. The average molecular weight is 223 g/mol. The van der Waals surface area contributed by atoms with Crippen molar-refractivity contribution in [2.24, 2.45) is 0 Å². The van der Waals surface area contributed by atoms with E-state index in [-0.39, 0.29) is 0 Å². The number of aryl methyl sites for hydroxylation is 1.